The normalized spacial score (nSPS) is 10.4. The van der Waals surface area contributed by atoms with E-state index in [-0.39, 0.29) is 5.78 Å². The lowest BCUT2D eigenvalue weighted by Gasteiger charge is -2.06. The van der Waals surface area contributed by atoms with E-state index in [9.17, 15) is 9.59 Å². The molecule has 4 rings (SSSR count). The van der Waals surface area contributed by atoms with Crippen LogP contribution in [-0.4, -0.2) is 16.9 Å². The van der Waals surface area contributed by atoms with Gasteiger partial charge >= 0.3 is 5.97 Å². The van der Waals surface area contributed by atoms with Crippen LogP contribution in [0, 0.1) is 0 Å². The first-order chi connectivity index (χ1) is 18.1. The molecule has 4 aromatic rings. The number of Topliss-reactive ketones (excluding diaryl/α,β-unsaturated/α-hetero) is 1. The number of carbonyl (C=O) groups excluding carboxylic acids is 1. The van der Waals surface area contributed by atoms with Crippen molar-refractivity contribution in [3.8, 4) is 0 Å². The number of thioether (sulfide) groups is 2. The monoisotopic (exact) mass is 622 g/mol. The number of carboxylic acids is 1. The number of hydrogen-bond donors (Lipinski definition) is 1. The molecule has 9 heteroatoms. The Morgan fingerprint density at radius 1 is 0.658 bits per heavy atom. The highest BCUT2D eigenvalue weighted by atomic mass is 35.5. The highest BCUT2D eigenvalue weighted by molar-refractivity contribution is 7.98. The second-order valence-corrected chi connectivity index (χ2v) is 11.7. The Kier molecular flexibility index (Phi) is 11.9. The lowest BCUT2D eigenvalue weighted by Crippen LogP contribution is -1.96. The van der Waals surface area contributed by atoms with Gasteiger partial charge in [0.1, 0.15) is 0 Å². The maximum atomic E-state index is 11.3. The molecule has 4 aromatic carbocycles. The van der Waals surface area contributed by atoms with Crippen molar-refractivity contribution in [3.63, 3.8) is 0 Å². The maximum Gasteiger partial charge on any atom is 0.335 e. The van der Waals surface area contributed by atoms with E-state index in [1.807, 2.05) is 48.5 Å². The number of ketones is 1. The van der Waals surface area contributed by atoms with Crippen LogP contribution in [0.3, 0.4) is 0 Å². The van der Waals surface area contributed by atoms with E-state index >= 15 is 0 Å². The summed E-state index contributed by atoms with van der Waals surface area (Å²) in [7, 11) is 0. The largest absolute Gasteiger partial charge is 0.478 e. The average Bonchev–Trinajstić information content (AvgIpc) is 2.88. The number of carboxylic acid groups (broad SMARTS) is 1. The van der Waals surface area contributed by atoms with Gasteiger partial charge in [-0.25, -0.2) is 4.79 Å². The summed E-state index contributed by atoms with van der Waals surface area (Å²) in [6, 6.07) is 25.3. The minimum atomic E-state index is -0.920. The summed E-state index contributed by atoms with van der Waals surface area (Å²) in [5.41, 5.74) is 3.07. The molecule has 3 nitrogen and oxygen atoms in total. The molecule has 196 valence electrons. The lowest BCUT2D eigenvalue weighted by atomic mass is 10.1. The van der Waals surface area contributed by atoms with Gasteiger partial charge in [0.05, 0.1) is 15.6 Å². The fraction of sp³-hybridized carbons (Fsp3) is 0.103. The Bertz CT molecular complexity index is 1330. The topological polar surface area (TPSA) is 54.4 Å². The van der Waals surface area contributed by atoms with Crippen LogP contribution in [-0.2, 0) is 11.5 Å². The van der Waals surface area contributed by atoms with Gasteiger partial charge in [-0.05, 0) is 72.6 Å². The van der Waals surface area contributed by atoms with Gasteiger partial charge < -0.3 is 5.11 Å². The van der Waals surface area contributed by atoms with Gasteiger partial charge in [0.25, 0.3) is 0 Å². The van der Waals surface area contributed by atoms with Crippen molar-refractivity contribution in [2.24, 2.45) is 0 Å². The van der Waals surface area contributed by atoms with Crippen molar-refractivity contribution < 1.29 is 14.7 Å². The summed E-state index contributed by atoms with van der Waals surface area (Å²) in [5.74, 6) is 0.582. The van der Waals surface area contributed by atoms with E-state index in [0.29, 0.717) is 31.4 Å². The van der Waals surface area contributed by atoms with Crippen LogP contribution in [0.1, 0.15) is 38.8 Å². The minimum Gasteiger partial charge on any atom is -0.478 e. The molecule has 0 aliphatic heterocycles. The number of carbonyl (C=O) groups is 2. The van der Waals surface area contributed by atoms with Crippen LogP contribution in [0.4, 0.5) is 0 Å². The van der Waals surface area contributed by atoms with Crippen LogP contribution in [0.15, 0.2) is 94.7 Å². The van der Waals surface area contributed by atoms with Crippen molar-refractivity contribution in [2.45, 2.75) is 28.2 Å². The van der Waals surface area contributed by atoms with E-state index in [1.54, 1.807) is 66.8 Å². The van der Waals surface area contributed by atoms with Gasteiger partial charge in [-0.15, -0.1) is 23.5 Å². The first kappa shape index (κ1) is 30.4. The van der Waals surface area contributed by atoms with Gasteiger partial charge in [0.2, 0.25) is 0 Å². The second kappa shape index (κ2) is 14.9. The smallest absolute Gasteiger partial charge is 0.335 e. The summed E-state index contributed by atoms with van der Waals surface area (Å²) in [4.78, 5) is 24.1. The Balaban J connectivity index is 0.000000211. The van der Waals surface area contributed by atoms with Gasteiger partial charge in [0, 0.05) is 36.9 Å². The fourth-order valence-corrected chi connectivity index (χ4v) is 6.05. The second-order valence-electron chi connectivity index (χ2n) is 7.99. The number of benzene rings is 4. The number of rotatable bonds is 8. The summed E-state index contributed by atoms with van der Waals surface area (Å²) in [6.07, 6.45) is 0. The molecule has 0 radical (unpaired) electrons. The van der Waals surface area contributed by atoms with E-state index in [0.717, 1.165) is 32.2 Å². The Morgan fingerprint density at radius 2 is 1.11 bits per heavy atom. The molecule has 0 saturated carbocycles. The van der Waals surface area contributed by atoms with Crippen LogP contribution < -0.4 is 0 Å². The molecular weight excluding hydrogens is 602 g/mol. The highest BCUT2D eigenvalue weighted by Crippen LogP contribution is 2.33. The van der Waals surface area contributed by atoms with Gasteiger partial charge in [0.15, 0.2) is 5.78 Å². The quantitative estimate of drug-likeness (QED) is 0.156. The van der Waals surface area contributed by atoms with Crippen molar-refractivity contribution in [2.75, 3.05) is 0 Å². The van der Waals surface area contributed by atoms with Crippen molar-refractivity contribution in [1.82, 2.24) is 0 Å². The first-order valence-electron chi connectivity index (χ1n) is 11.2. The molecule has 0 spiro atoms. The molecule has 0 fully saturated rings. The van der Waals surface area contributed by atoms with Crippen molar-refractivity contribution in [1.29, 1.82) is 0 Å². The maximum absolute atomic E-state index is 11.3. The average molecular weight is 624 g/mol. The molecule has 0 bridgehead atoms. The zero-order chi connectivity index (χ0) is 27.7. The molecule has 1 N–H and O–H groups in total. The van der Waals surface area contributed by atoms with Gasteiger partial charge in [-0.1, -0.05) is 76.7 Å². The van der Waals surface area contributed by atoms with Crippen molar-refractivity contribution in [3.05, 3.63) is 127 Å². The molecule has 0 saturated heterocycles. The van der Waals surface area contributed by atoms with Gasteiger partial charge in [-0.3, -0.25) is 4.79 Å². The molecule has 0 aliphatic rings. The molecule has 0 atom stereocenters. The zero-order valence-electron chi connectivity index (χ0n) is 20.1. The SMILES string of the molecule is CC(=O)c1cccc(CSc2ccc(Cl)cc2Cl)c1.O=C(O)c1cccc(CSc2ccc(Cl)cc2Cl)c1. The lowest BCUT2D eigenvalue weighted by molar-refractivity contribution is 0.0696. The van der Waals surface area contributed by atoms with Crippen molar-refractivity contribution >= 4 is 81.7 Å². The summed E-state index contributed by atoms with van der Waals surface area (Å²) < 4.78 is 0. The van der Waals surface area contributed by atoms with E-state index < -0.39 is 5.97 Å². The highest BCUT2D eigenvalue weighted by Gasteiger charge is 2.07. The molecule has 0 unspecified atom stereocenters. The third kappa shape index (κ3) is 9.57. The predicted octanol–water partition coefficient (Wildman–Crippen LogP) is 10.5. The van der Waals surface area contributed by atoms with E-state index in [1.165, 1.54) is 0 Å². The number of aromatic carboxylic acids is 1. The van der Waals surface area contributed by atoms with Crippen LogP contribution >= 0.6 is 69.9 Å². The Morgan fingerprint density at radius 3 is 1.53 bits per heavy atom. The third-order valence-electron chi connectivity index (χ3n) is 5.08. The Hall–Kier alpha value is -2.12. The summed E-state index contributed by atoms with van der Waals surface area (Å²) >= 11 is 27.1. The predicted molar refractivity (Wildman–Crippen MR) is 162 cm³/mol. The molecule has 0 aliphatic carbocycles. The summed E-state index contributed by atoms with van der Waals surface area (Å²) in [5, 5.41) is 11.4. The minimum absolute atomic E-state index is 0.0800. The van der Waals surface area contributed by atoms with E-state index in [2.05, 4.69) is 0 Å². The fourth-order valence-electron chi connectivity index (χ4n) is 3.18. The van der Waals surface area contributed by atoms with Crippen LogP contribution in [0.2, 0.25) is 20.1 Å². The number of hydrogen-bond acceptors (Lipinski definition) is 4. The molecule has 0 amide bonds. The number of halogens is 4. The molecule has 38 heavy (non-hydrogen) atoms. The molecule has 0 aromatic heterocycles. The Labute approximate surface area is 250 Å². The van der Waals surface area contributed by atoms with E-state index in [4.69, 9.17) is 51.5 Å². The zero-order valence-corrected chi connectivity index (χ0v) is 24.7. The van der Waals surface area contributed by atoms with Crippen LogP contribution in [0.25, 0.3) is 0 Å². The first-order valence-corrected chi connectivity index (χ1v) is 14.7. The van der Waals surface area contributed by atoms with Crippen LogP contribution in [0.5, 0.6) is 0 Å². The molecular formula is C29H22Cl4O3S2. The third-order valence-corrected chi connectivity index (χ3v) is 8.69. The molecule has 0 heterocycles. The van der Waals surface area contributed by atoms with Gasteiger partial charge in [-0.2, -0.15) is 0 Å². The summed E-state index contributed by atoms with van der Waals surface area (Å²) in [6.45, 7) is 1.57. The standard InChI is InChI=1S/C15H12Cl2OS.C14H10Cl2O2S/c1-10(18)12-4-2-3-11(7-12)9-19-15-6-5-13(16)8-14(15)17;15-11-4-5-13(12(16)7-11)19-8-9-2-1-3-10(6-9)14(17)18/h2-8H,9H2,1H3;1-7H,8H2,(H,17,18).